The molecule has 0 aromatic carbocycles. The molecule has 1 saturated heterocycles. The Morgan fingerprint density at radius 2 is 2.43 bits per heavy atom. The number of thiazole rings is 1. The number of carbonyl (C=O) groups excluding carboxylic acids is 1. The first-order valence-corrected chi connectivity index (χ1v) is 8.51. The molecule has 2 aliphatic rings. The lowest BCUT2D eigenvalue weighted by molar-refractivity contribution is -0.114. The Hall–Kier alpha value is -1.99. The van der Waals surface area contributed by atoms with Gasteiger partial charge in [-0.25, -0.2) is 9.97 Å². The normalized spacial score (nSPS) is 23.0. The Morgan fingerprint density at radius 3 is 3.26 bits per heavy atom. The van der Waals surface area contributed by atoms with E-state index in [9.17, 15) is 4.79 Å². The maximum absolute atomic E-state index is 11.1. The number of likely N-dealkylation sites (tertiary alicyclic amines) is 1. The van der Waals surface area contributed by atoms with E-state index in [4.69, 9.17) is 4.74 Å². The molecule has 1 spiro atoms. The summed E-state index contributed by atoms with van der Waals surface area (Å²) in [6, 6.07) is 4.07. The fourth-order valence-corrected chi connectivity index (χ4v) is 4.24. The highest BCUT2D eigenvalue weighted by molar-refractivity contribution is 7.15. The lowest BCUT2D eigenvalue weighted by Gasteiger charge is -2.23. The number of nitrogens with zero attached hydrogens (tertiary/aromatic N) is 3. The van der Waals surface area contributed by atoms with Crippen molar-refractivity contribution in [1.29, 1.82) is 0 Å². The standard InChI is InChI=1S/C16H18N4O2S/c1-11(21)19-15-18-8-13(23-15)9-20-6-4-16(10-20)7-12-3-2-5-17-14(12)22-16/h2-3,5,8H,4,6-7,9-10H2,1H3,(H,18,19,21). The number of rotatable bonds is 3. The number of pyridine rings is 1. The van der Waals surface area contributed by atoms with Crippen LogP contribution in [-0.4, -0.2) is 39.5 Å². The van der Waals surface area contributed by atoms with Gasteiger partial charge in [-0.15, -0.1) is 11.3 Å². The molecule has 1 N–H and O–H groups in total. The molecule has 0 radical (unpaired) electrons. The molecule has 23 heavy (non-hydrogen) atoms. The fourth-order valence-electron chi connectivity index (χ4n) is 3.34. The highest BCUT2D eigenvalue weighted by Gasteiger charge is 2.45. The molecule has 2 aromatic heterocycles. The average molecular weight is 330 g/mol. The highest BCUT2D eigenvalue weighted by atomic mass is 32.1. The molecular weight excluding hydrogens is 312 g/mol. The Morgan fingerprint density at radius 1 is 1.52 bits per heavy atom. The minimum Gasteiger partial charge on any atom is -0.469 e. The van der Waals surface area contributed by atoms with Gasteiger partial charge in [-0.2, -0.15) is 0 Å². The van der Waals surface area contributed by atoms with Crippen molar-refractivity contribution < 1.29 is 9.53 Å². The van der Waals surface area contributed by atoms with Crippen LogP contribution >= 0.6 is 11.3 Å². The Kier molecular flexibility index (Phi) is 3.54. The summed E-state index contributed by atoms with van der Waals surface area (Å²) in [4.78, 5) is 23.2. The molecule has 7 heteroatoms. The minimum absolute atomic E-state index is 0.0874. The van der Waals surface area contributed by atoms with Gasteiger partial charge < -0.3 is 10.1 Å². The largest absolute Gasteiger partial charge is 0.469 e. The molecule has 0 saturated carbocycles. The van der Waals surface area contributed by atoms with E-state index < -0.39 is 0 Å². The second-order valence-corrected chi connectivity index (χ2v) is 7.32. The first kappa shape index (κ1) is 14.6. The summed E-state index contributed by atoms with van der Waals surface area (Å²) < 4.78 is 6.16. The van der Waals surface area contributed by atoms with Crippen LogP contribution in [0.4, 0.5) is 5.13 Å². The number of amides is 1. The molecular formula is C16H18N4O2S. The minimum atomic E-state index is -0.123. The number of hydrogen-bond donors (Lipinski definition) is 1. The predicted molar refractivity (Wildman–Crippen MR) is 87.6 cm³/mol. The maximum Gasteiger partial charge on any atom is 0.223 e. The van der Waals surface area contributed by atoms with Gasteiger partial charge in [0.1, 0.15) is 5.60 Å². The van der Waals surface area contributed by atoms with Crippen LogP contribution in [0.2, 0.25) is 0 Å². The van der Waals surface area contributed by atoms with Crippen LogP contribution in [0, 0.1) is 0 Å². The summed E-state index contributed by atoms with van der Waals surface area (Å²) in [7, 11) is 0. The summed E-state index contributed by atoms with van der Waals surface area (Å²) in [6.07, 6.45) is 5.57. The fraction of sp³-hybridized carbons (Fsp3) is 0.438. The Labute approximate surface area is 138 Å². The van der Waals surface area contributed by atoms with Gasteiger partial charge in [-0.05, 0) is 6.07 Å². The van der Waals surface area contributed by atoms with Gasteiger partial charge in [-0.3, -0.25) is 9.69 Å². The van der Waals surface area contributed by atoms with Gasteiger partial charge in [0, 0.05) is 62.2 Å². The second-order valence-electron chi connectivity index (χ2n) is 6.20. The van der Waals surface area contributed by atoms with Crippen LogP contribution in [0.15, 0.2) is 24.5 Å². The lowest BCUT2D eigenvalue weighted by Crippen LogP contribution is -2.37. The first-order chi connectivity index (χ1) is 11.1. The third-order valence-electron chi connectivity index (χ3n) is 4.29. The topological polar surface area (TPSA) is 67.4 Å². The van der Waals surface area contributed by atoms with E-state index in [0.29, 0.717) is 5.13 Å². The zero-order chi connectivity index (χ0) is 15.9. The molecule has 2 aromatic rings. The summed E-state index contributed by atoms with van der Waals surface area (Å²) in [5.74, 6) is 0.704. The monoisotopic (exact) mass is 330 g/mol. The van der Waals surface area contributed by atoms with E-state index in [0.717, 1.165) is 43.2 Å². The average Bonchev–Trinajstić information content (AvgIpc) is 3.18. The smallest absolute Gasteiger partial charge is 0.223 e. The van der Waals surface area contributed by atoms with Gasteiger partial charge in [0.2, 0.25) is 11.8 Å². The molecule has 0 aliphatic carbocycles. The van der Waals surface area contributed by atoms with Crippen LogP contribution in [0.3, 0.4) is 0 Å². The molecule has 120 valence electrons. The highest BCUT2D eigenvalue weighted by Crippen LogP contribution is 2.39. The molecule has 1 unspecified atom stereocenters. The van der Waals surface area contributed by atoms with E-state index in [1.54, 1.807) is 6.20 Å². The number of carbonyl (C=O) groups is 1. The summed E-state index contributed by atoms with van der Waals surface area (Å²) in [5, 5.41) is 3.39. The number of nitrogens with one attached hydrogen (secondary N) is 1. The molecule has 6 nitrogen and oxygen atoms in total. The van der Waals surface area contributed by atoms with Crippen molar-refractivity contribution in [2.45, 2.75) is 31.9 Å². The van der Waals surface area contributed by atoms with Gasteiger partial charge in [0.05, 0.1) is 0 Å². The SMILES string of the molecule is CC(=O)Nc1ncc(CN2CCC3(Cc4cccnc4O3)C2)s1. The number of aromatic nitrogens is 2. The zero-order valence-electron chi connectivity index (χ0n) is 12.9. The van der Waals surface area contributed by atoms with Gasteiger partial charge in [-0.1, -0.05) is 6.07 Å². The summed E-state index contributed by atoms with van der Waals surface area (Å²) in [5.41, 5.74) is 1.09. The summed E-state index contributed by atoms with van der Waals surface area (Å²) in [6.45, 7) is 4.23. The van der Waals surface area contributed by atoms with E-state index in [-0.39, 0.29) is 11.5 Å². The number of ether oxygens (including phenoxy) is 1. The molecule has 4 heterocycles. The van der Waals surface area contributed by atoms with Crippen LogP contribution in [0.1, 0.15) is 23.8 Å². The predicted octanol–water partition coefficient (Wildman–Crippen LogP) is 2.08. The van der Waals surface area contributed by atoms with E-state index in [1.807, 2.05) is 12.3 Å². The van der Waals surface area contributed by atoms with E-state index in [1.165, 1.54) is 23.8 Å². The van der Waals surface area contributed by atoms with Crippen LogP contribution in [0.25, 0.3) is 0 Å². The van der Waals surface area contributed by atoms with Crippen molar-refractivity contribution >= 4 is 22.4 Å². The van der Waals surface area contributed by atoms with Crippen molar-refractivity contribution in [3.05, 3.63) is 35.0 Å². The third-order valence-corrected chi connectivity index (χ3v) is 5.18. The Balaban J connectivity index is 1.40. The molecule has 0 bridgehead atoms. The molecule has 4 rings (SSSR count). The van der Waals surface area contributed by atoms with Crippen LogP contribution in [-0.2, 0) is 17.8 Å². The summed E-state index contributed by atoms with van der Waals surface area (Å²) >= 11 is 1.53. The Bertz CT molecular complexity index is 720. The first-order valence-electron chi connectivity index (χ1n) is 7.69. The number of hydrogen-bond acceptors (Lipinski definition) is 6. The van der Waals surface area contributed by atoms with Crippen LogP contribution in [0.5, 0.6) is 5.88 Å². The van der Waals surface area contributed by atoms with Crippen molar-refractivity contribution in [2.75, 3.05) is 18.4 Å². The van der Waals surface area contributed by atoms with Gasteiger partial charge in [0.15, 0.2) is 5.13 Å². The molecule has 1 atom stereocenters. The van der Waals surface area contributed by atoms with E-state index >= 15 is 0 Å². The van der Waals surface area contributed by atoms with Crippen LogP contribution < -0.4 is 10.1 Å². The molecule has 1 amide bonds. The quantitative estimate of drug-likeness (QED) is 0.933. The van der Waals surface area contributed by atoms with Crippen molar-refractivity contribution in [3.63, 3.8) is 0 Å². The second kappa shape index (κ2) is 5.58. The molecule has 1 fully saturated rings. The van der Waals surface area contributed by atoms with Gasteiger partial charge >= 0.3 is 0 Å². The number of anilines is 1. The third kappa shape index (κ3) is 2.94. The van der Waals surface area contributed by atoms with Gasteiger partial charge in [0.25, 0.3) is 0 Å². The lowest BCUT2D eigenvalue weighted by atomic mass is 9.97. The van der Waals surface area contributed by atoms with Crippen molar-refractivity contribution in [2.24, 2.45) is 0 Å². The van der Waals surface area contributed by atoms with E-state index in [2.05, 4.69) is 26.3 Å². The zero-order valence-corrected chi connectivity index (χ0v) is 13.7. The maximum atomic E-state index is 11.1. The van der Waals surface area contributed by atoms with Crippen molar-refractivity contribution in [3.8, 4) is 5.88 Å². The van der Waals surface area contributed by atoms with Crippen molar-refractivity contribution in [1.82, 2.24) is 14.9 Å². The number of fused-ring (bicyclic) bond motifs is 1. The molecule has 2 aliphatic heterocycles.